The van der Waals surface area contributed by atoms with E-state index in [1.165, 1.54) is 25.5 Å². The van der Waals surface area contributed by atoms with Gasteiger partial charge in [0.15, 0.2) is 9.84 Å². The van der Waals surface area contributed by atoms with Crippen LogP contribution in [0.1, 0.15) is 59.8 Å². The highest BCUT2D eigenvalue weighted by molar-refractivity contribution is 7.92. The molecule has 0 amide bonds. The van der Waals surface area contributed by atoms with Gasteiger partial charge in [-0.25, -0.2) is 8.42 Å². The predicted molar refractivity (Wildman–Crippen MR) is 82.1 cm³/mol. The summed E-state index contributed by atoms with van der Waals surface area (Å²) in [5.41, 5.74) is 0. The molecule has 0 aromatic heterocycles. The van der Waals surface area contributed by atoms with E-state index in [0.29, 0.717) is 11.8 Å². The number of hydrogen-bond acceptors (Lipinski definition) is 3. The van der Waals surface area contributed by atoms with Crippen molar-refractivity contribution in [2.24, 2.45) is 11.8 Å². The molecule has 19 heavy (non-hydrogen) atoms. The normalized spacial score (nSPS) is 27.2. The molecule has 0 aliphatic heterocycles. The maximum Gasteiger partial charge on any atom is 0.154 e. The van der Waals surface area contributed by atoms with Gasteiger partial charge in [0.2, 0.25) is 0 Å². The number of hydrogen-bond donors (Lipinski definition) is 1. The van der Waals surface area contributed by atoms with Crippen molar-refractivity contribution in [1.82, 2.24) is 5.32 Å². The van der Waals surface area contributed by atoms with Gasteiger partial charge < -0.3 is 5.32 Å². The van der Waals surface area contributed by atoms with Gasteiger partial charge in [-0.2, -0.15) is 0 Å². The van der Waals surface area contributed by atoms with E-state index in [1.54, 1.807) is 0 Å². The SMILES string of the molecule is CCNC(C1CCCCC1CC)C(C)(C)S(C)(=O)=O. The molecule has 1 rings (SSSR count). The van der Waals surface area contributed by atoms with Crippen molar-refractivity contribution < 1.29 is 8.42 Å². The van der Waals surface area contributed by atoms with Crippen molar-refractivity contribution in [2.45, 2.75) is 70.6 Å². The zero-order valence-corrected chi connectivity index (χ0v) is 14.0. The monoisotopic (exact) mass is 289 g/mol. The highest BCUT2D eigenvalue weighted by Crippen LogP contribution is 2.39. The molecular weight excluding hydrogens is 258 g/mol. The summed E-state index contributed by atoms with van der Waals surface area (Å²) in [4.78, 5) is 0. The van der Waals surface area contributed by atoms with Crippen molar-refractivity contribution in [2.75, 3.05) is 12.8 Å². The van der Waals surface area contributed by atoms with E-state index in [-0.39, 0.29) is 6.04 Å². The Morgan fingerprint density at radius 3 is 2.26 bits per heavy atom. The van der Waals surface area contributed by atoms with Crippen LogP contribution < -0.4 is 5.32 Å². The first-order valence-electron chi connectivity index (χ1n) is 7.68. The zero-order valence-electron chi connectivity index (χ0n) is 13.2. The molecule has 114 valence electrons. The fourth-order valence-electron chi connectivity index (χ4n) is 3.55. The molecule has 0 spiro atoms. The van der Waals surface area contributed by atoms with Crippen molar-refractivity contribution in [3.8, 4) is 0 Å². The van der Waals surface area contributed by atoms with E-state index < -0.39 is 14.6 Å². The first-order valence-corrected chi connectivity index (χ1v) is 9.57. The van der Waals surface area contributed by atoms with Gasteiger partial charge in [-0.1, -0.05) is 39.5 Å². The Labute approximate surface area is 119 Å². The third-order valence-electron chi connectivity index (χ3n) is 5.05. The minimum Gasteiger partial charge on any atom is -0.312 e. The summed E-state index contributed by atoms with van der Waals surface area (Å²) in [6.45, 7) is 8.90. The number of rotatable bonds is 6. The van der Waals surface area contributed by atoms with Gasteiger partial charge in [0.1, 0.15) is 0 Å². The lowest BCUT2D eigenvalue weighted by molar-refractivity contribution is 0.155. The molecule has 1 N–H and O–H groups in total. The van der Waals surface area contributed by atoms with Crippen molar-refractivity contribution in [1.29, 1.82) is 0 Å². The lowest BCUT2D eigenvalue weighted by atomic mass is 9.71. The van der Waals surface area contributed by atoms with Crippen LogP contribution in [0.4, 0.5) is 0 Å². The molecule has 0 aromatic carbocycles. The number of sulfone groups is 1. The molecule has 3 nitrogen and oxygen atoms in total. The van der Waals surface area contributed by atoms with Crippen molar-refractivity contribution >= 4 is 9.84 Å². The first-order chi connectivity index (χ1) is 8.75. The predicted octanol–water partition coefficient (Wildman–Crippen LogP) is 3.00. The van der Waals surface area contributed by atoms with Crippen LogP contribution in [0.3, 0.4) is 0 Å². The lowest BCUT2D eigenvalue weighted by Gasteiger charge is -2.44. The summed E-state index contributed by atoms with van der Waals surface area (Å²) in [5, 5.41) is 3.48. The van der Waals surface area contributed by atoms with Gasteiger partial charge in [0.05, 0.1) is 4.75 Å². The summed E-state index contributed by atoms with van der Waals surface area (Å²) in [6.07, 6.45) is 7.49. The van der Waals surface area contributed by atoms with Crippen LogP contribution in [-0.4, -0.2) is 32.0 Å². The van der Waals surface area contributed by atoms with Gasteiger partial charge in [0.25, 0.3) is 0 Å². The molecule has 0 radical (unpaired) electrons. The van der Waals surface area contributed by atoms with Gasteiger partial charge in [0, 0.05) is 12.3 Å². The van der Waals surface area contributed by atoms with Gasteiger partial charge in [-0.3, -0.25) is 0 Å². The maximum atomic E-state index is 12.2. The van der Waals surface area contributed by atoms with Gasteiger partial charge >= 0.3 is 0 Å². The molecule has 3 unspecified atom stereocenters. The Bertz CT molecular complexity index is 376. The van der Waals surface area contributed by atoms with Gasteiger partial charge in [-0.05, 0) is 38.6 Å². The molecule has 4 heteroatoms. The second-order valence-corrected chi connectivity index (χ2v) is 9.12. The molecule has 0 bridgehead atoms. The highest BCUT2D eigenvalue weighted by atomic mass is 32.2. The lowest BCUT2D eigenvalue weighted by Crippen LogP contribution is -2.57. The third-order valence-corrected chi connectivity index (χ3v) is 7.21. The minimum absolute atomic E-state index is 0.0674. The summed E-state index contributed by atoms with van der Waals surface area (Å²) >= 11 is 0. The standard InChI is InChI=1S/C15H31NO2S/c1-6-12-10-8-9-11-13(12)14(16-7-2)15(3,4)19(5,17)18/h12-14,16H,6-11H2,1-5H3. The topological polar surface area (TPSA) is 46.2 Å². The Morgan fingerprint density at radius 1 is 1.21 bits per heavy atom. The average molecular weight is 289 g/mol. The van der Waals surface area contributed by atoms with E-state index in [0.717, 1.165) is 19.4 Å². The fourth-order valence-corrected chi connectivity index (χ4v) is 4.26. The number of nitrogens with one attached hydrogen (secondary N) is 1. The van der Waals surface area contributed by atoms with Gasteiger partial charge in [-0.15, -0.1) is 0 Å². The molecule has 0 aromatic rings. The summed E-state index contributed by atoms with van der Waals surface area (Å²) in [7, 11) is -3.07. The van der Waals surface area contributed by atoms with E-state index in [2.05, 4.69) is 19.2 Å². The Morgan fingerprint density at radius 2 is 1.79 bits per heavy atom. The fraction of sp³-hybridized carbons (Fsp3) is 1.00. The summed E-state index contributed by atoms with van der Waals surface area (Å²) in [5.74, 6) is 1.15. The Balaban J connectivity index is 3.05. The van der Waals surface area contributed by atoms with E-state index >= 15 is 0 Å². The molecular formula is C15H31NO2S. The van der Waals surface area contributed by atoms with Crippen LogP contribution in [0.15, 0.2) is 0 Å². The summed E-state index contributed by atoms with van der Waals surface area (Å²) in [6, 6.07) is 0.0674. The quantitative estimate of drug-likeness (QED) is 0.817. The van der Waals surface area contributed by atoms with Crippen LogP contribution in [-0.2, 0) is 9.84 Å². The molecule has 0 saturated heterocycles. The van der Waals surface area contributed by atoms with Crippen LogP contribution in [0.2, 0.25) is 0 Å². The first kappa shape index (κ1) is 17.0. The molecule has 0 heterocycles. The third kappa shape index (κ3) is 3.72. The maximum absolute atomic E-state index is 12.2. The highest BCUT2D eigenvalue weighted by Gasteiger charge is 2.45. The van der Waals surface area contributed by atoms with Crippen LogP contribution in [0, 0.1) is 11.8 Å². The average Bonchev–Trinajstić information content (AvgIpc) is 2.34. The van der Waals surface area contributed by atoms with E-state index in [4.69, 9.17) is 0 Å². The van der Waals surface area contributed by atoms with Crippen molar-refractivity contribution in [3.05, 3.63) is 0 Å². The van der Waals surface area contributed by atoms with E-state index in [9.17, 15) is 8.42 Å². The van der Waals surface area contributed by atoms with Crippen LogP contribution >= 0.6 is 0 Å². The minimum atomic E-state index is -3.07. The van der Waals surface area contributed by atoms with E-state index in [1.807, 2.05) is 13.8 Å². The molecule has 1 saturated carbocycles. The summed E-state index contributed by atoms with van der Waals surface area (Å²) < 4.78 is 23.6. The second kappa shape index (κ2) is 6.57. The largest absolute Gasteiger partial charge is 0.312 e. The molecule has 1 fully saturated rings. The Hall–Kier alpha value is -0.0900. The molecule has 1 aliphatic carbocycles. The molecule has 3 atom stereocenters. The second-order valence-electron chi connectivity index (χ2n) is 6.53. The zero-order chi connectivity index (χ0) is 14.7. The smallest absolute Gasteiger partial charge is 0.154 e. The van der Waals surface area contributed by atoms with Crippen LogP contribution in [0.5, 0.6) is 0 Å². The van der Waals surface area contributed by atoms with Crippen molar-refractivity contribution in [3.63, 3.8) is 0 Å². The Kier molecular flexibility index (Phi) is 5.87. The van der Waals surface area contributed by atoms with Crippen LogP contribution in [0.25, 0.3) is 0 Å². The molecule has 1 aliphatic rings.